The molecule has 4 nitrogen and oxygen atoms in total. The third kappa shape index (κ3) is 2.36. The van der Waals surface area contributed by atoms with Gasteiger partial charge in [-0.2, -0.15) is 0 Å². The van der Waals surface area contributed by atoms with Crippen LogP contribution in [0.3, 0.4) is 0 Å². The Labute approximate surface area is 124 Å². The highest BCUT2D eigenvalue weighted by molar-refractivity contribution is 7.17. The smallest absolute Gasteiger partial charge is 0.375 e. The molecular formula is C16H12O4S. The van der Waals surface area contributed by atoms with Crippen LogP contribution in [0.15, 0.2) is 51.0 Å². The number of rotatable bonds is 3. The zero-order valence-electron chi connectivity index (χ0n) is 11.3. The summed E-state index contributed by atoms with van der Waals surface area (Å²) in [5.74, 6) is -0.660. The number of fused-ring (bicyclic) bond motifs is 1. The van der Waals surface area contributed by atoms with E-state index in [0.717, 1.165) is 10.3 Å². The Hall–Kier alpha value is -2.40. The largest absolute Gasteiger partial charge is 0.460 e. The Morgan fingerprint density at radius 3 is 2.71 bits per heavy atom. The van der Waals surface area contributed by atoms with Crippen LogP contribution in [0, 0.1) is 0 Å². The van der Waals surface area contributed by atoms with Crippen LogP contribution in [-0.4, -0.2) is 12.6 Å². The highest BCUT2D eigenvalue weighted by atomic mass is 32.1. The summed E-state index contributed by atoms with van der Waals surface area (Å²) in [5, 5.41) is 2.29. The van der Waals surface area contributed by atoms with Gasteiger partial charge < -0.3 is 9.15 Å². The molecule has 5 heteroatoms. The van der Waals surface area contributed by atoms with Crippen LogP contribution in [0.4, 0.5) is 0 Å². The van der Waals surface area contributed by atoms with E-state index in [-0.39, 0.29) is 12.4 Å². The Morgan fingerprint density at radius 2 is 2.00 bits per heavy atom. The number of esters is 1. The van der Waals surface area contributed by atoms with Crippen molar-refractivity contribution in [3.8, 4) is 11.1 Å². The average Bonchev–Trinajstić information content (AvgIpc) is 2.98. The van der Waals surface area contributed by atoms with Crippen molar-refractivity contribution in [2.24, 2.45) is 0 Å². The molecule has 0 aliphatic carbocycles. The lowest BCUT2D eigenvalue weighted by molar-refractivity contribution is 0.0487. The summed E-state index contributed by atoms with van der Waals surface area (Å²) >= 11 is 1.40. The van der Waals surface area contributed by atoms with Crippen molar-refractivity contribution in [3.05, 3.63) is 58.0 Å². The summed E-state index contributed by atoms with van der Waals surface area (Å²) in [7, 11) is 0. The molecule has 0 radical (unpaired) electrons. The van der Waals surface area contributed by atoms with Gasteiger partial charge in [0.05, 0.1) is 22.3 Å². The molecule has 2 aromatic heterocycles. The van der Waals surface area contributed by atoms with Gasteiger partial charge in [0, 0.05) is 0 Å². The molecule has 3 rings (SSSR count). The predicted octanol–water partition coefficient (Wildman–Crippen LogP) is 3.70. The van der Waals surface area contributed by atoms with E-state index in [4.69, 9.17) is 9.15 Å². The molecule has 0 unspecified atom stereocenters. The van der Waals surface area contributed by atoms with Crippen molar-refractivity contribution in [2.45, 2.75) is 6.92 Å². The van der Waals surface area contributed by atoms with Crippen LogP contribution in [0.2, 0.25) is 0 Å². The molecule has 0 saturated heterocycles. The number of ether oxygens (including phenoxy) is 1. The topological polar surface area (TPSA) is 56.5 Å². The second kappa shape index (κ2) is 5.54. The lowest BCUT2D eigenvalue weighted by Gasteiger charge is -2.08. The number of hydrogen-bond donors (Lipinski definition) is 0. The number of carbonyl (C=O) groups is 1. The summed E-state index contributed by atoms with van der Waals surface area (Å²) in [6.45, 7) is 1.93. The monoisotopic (exact) mass is 300 g/mol. The van der Waals surface area contributed by atoms with Crippen LogP contribution in [0.5, 0.6) is 0 Å². The first-order chi connectivity index (χ1) is 10.2. The van der Waals surface area contributed by atoms with Gasteiger partial charge in [-0.25, -0.2) is 9.59 Å². The van der Waals surface area contributed by atoms with Crippen LogP contribution < -0.4 is 5.63 Å². The van der Waals surface area contributed by atoms with E-state index in [1.807, 2.05) is 35.7 Å². The van der Waals surface area contributed by atoms with Gasteiger partial charge in [0.2, 0.25) is 5.76 Å². The van der Waals surface area contributed by atoms with Gasteiger partial charge in [-0.05, 0) is 23.9 Å². The van der Waals surface area contributed by atoms with Gasteiger partial charge in [-0.15, -0.1) is 11.3 Å². The lowest BCUT2D eigenvalue weighted by Crippen LogP contribution is -2.11. The molecular weight excluding hydrogens is 288 g/mol. The van der Waals surface area contributed by atoms with Gasteiger partial charge in [-0.3, -0.25) is 0 Å². The zero-order chi connectivity index (χ0) is 14.8. The molecule has 0 spiro atoms. The third-order valence-corrected chi connectivity index (χ3v) is 3.99. The second-order valence-corrected chi connectivity index (χ2v) is 5.26. The molecule has 0 atom stereocenters. The number of carbonyl (C=O) groups excluding carboxylic acids is 1. The fourth-order valence-electron chi connectivity index (χ4n) is 2.17. The maximum atomic E-state index is 12.1. The molecule has 0 saturated carbocycles. The molecule has 2 heterocycles. The Kier molecular flexibility index (Phi) is 3.58. The summed E-state index contributed by atoms with van der Waals surface area (Å²) < 4.78 is 11.0. The maximum Gasteiger partial charge on any atom is 0.375 e. The van der Waals surface area contributed by atoms with Crippen LogP contribution in [-0.2, 0) is 4.74 Å². The van der Waals surface area contributed by atoms with Gasteiger partial charge in [-0.1, -0.05) is 30.3 Å². The first-order valence-corrected chi connectivity index (χ1v) is 7.37. The minimum atomic E-state index is -0.622. The SMILES string of the molecule is CCOC(=O)c1oc(=O)c2ccsc2c1-c1ccccc1. The van der Waals surface area contributed by atoms with E-state index in [1.165, 1.54) is 11.3 Å². The molecule has 0 bridgehead atoms. The quantitative estimate of drug-likeness (QED) is 0.692. The van der Waals surface area contributed by atoms with Crippen molar-refractivity contribution < 1.29 is 13.9 Å². The first-order valence-electron chi connectivity index (χ1n) is 6.49. The fourth-order valence-corrected chi connectivity index (χ4v) is 3.12. The minimum Gasteiger partial charge on any atom is -0.460 e. The number of benzene rings is 1. The van der Waals surface area contributed by atoms with E-state index >= 15 is 0 Å². The molecule has 0 aliphatic heterocycles. The summed E-state index contributed by atoms with van der Waals surface area (Å²) in [5.41, 5.74) is 0.907. The van der Waals surface area contributed by atoms with Crippen molar-refractivity contribution in [3.63, 3.8) is 0 Å². The molecule has 21 heavy (non-hydrogen) atoms. The fraction of sp³-hybridized carbons (Fsp3) is 0.125. The molecule has 3 aromatic rings. The Balaban J connectivity index is 2.36. The molecule has 106 valence electrons. The van der Waals surface area contributed by atoms with Gasteiger partial charge in [0.25, 0.3) is 0 Å². The van der Waals surface area contributed by atoms with Crippen molar-refractivity contribution >= 4 is 27.4 Å². The molecule has 1 aromatic carbocycles. The van der Waals surface area contributed by atoms with E-state index < -0.39 is 11.6 Å². The van der Waals surface area contributed by atoms with Crippen molar-refractivity contribution in [2.75, 3.05) is 6.61 Å². The van der Waals surface area contributed by atoms with E-state index in [2.05, 4.69) is 0 Å². The van der Waals surface area contributed by atoms with Crippen LogP contribution in [0.1, 0.15) is 17.5 Å². The van der Waals surface area contributed by atoms with Crippen LogP contribution >= 0.6 is 11.3 Å². The standard InChI is InChI=1S/C16H12O4S/c1-2-19-16(18)13-12(10-6-4-3-5-7-10)14-11(8-9-21-14)15(17)20-13/h3-9H,2H2,1H3. The Bertz CT molecular complexity index is 846. The number of hydrogen-bond acceptors (Lipinski definition) is 5. The summed E-state index contributed by atoms with van der Waals surface area (Å²) in [6.07, 6.45) is 0. The Morgan fingerprint density at radius 1 is 1.24 bits per heavy atom. The number of thiophene rings is 1. The van der Waals surface area contributed by atoms with E-state index in [0.29, 0.717) is 10.9 Å². The second-order valence-electron chi connectivity index (χ2n) is 4.34. The molecule has 0 fully saturated rings. The maximum absolute atomic E-state index is 12.1. The van der Waals surface area contributed by atoms with Crippen molar-refractivity contribution in [1.29, 1.82) is 0 Å². The van der Waals surface area contributed by atoms with Gasteiger partial charge >= 0.3 is 11.6 Å². The van der Waals surface area contributed by atoms with E-state index in [9.17, 15) is 9.59 Å². The predicted molar refractivity (Wildman–Crippen MR) is 81.8 cm³/mol. The lowest BCUT2D eigenvalue weighted by atomic mass is 10.0. The average molecular weight is 300 g/mol. The first kappa shape index (κ1) is 13.6. The minimum absolute atomic E-state index is 0.0389. The summed E-state index contributed by atoms with van der Waals surface area (Å²) in [6, 6.07) is 11.1. The third-order valence-electron chi connectivity index (χ3n) is 3.06. The van der Waals surface area contributed by atoms with Gasteiger partial charge in [0.1, 0.15) is 0 Å². The summed E-state index contributed by atoms with van der Waals surface area (Å²) in [4.78, 5) is 24.1. The molecule has 0 N–H and O–H groups in total. The normalized spacial score (nSPS) is 10.7. The molecule has 0 aliphatic rings. The van der Waals surface area contributed by atoms with Crippen LogP contribution in [0.25, 0.3) is 21.2 Å². The zero-order valence-corrected chi connectivity index (χ0v) is 12.1. The highest BCUT2D eigenvalue weighted by Crippen LogP contribution is 2.34. The molecule has 0 amide bonds. The van der Waals surface area contributed by atoms with E-state index in [1.54, 1.807) is 13.0 Å². The van der Waals surface area contributed by atoms with Gasteiger partial charge in [0.15, 0.2) is 0 Å². The van der Waals surface area contributed by atoms with Crippen molar-refractivity contribution in [1.82, 2.24) is 0 Å². The highest BCUT2D eigenvalue weighted by Gasteiger charge is 2.22.